The van der Waals surface area contributed by atoms with Crippen LogP contribution in [0.3, 0.4) is 0 Å². The van der Waals surface area contributed by atoms with Crippen molar-refractivity contribution < 1.29 is 0 Å². The second-order valence-corrected chi connectivity index (χ2v) is 11.5. The van der Waals surface area contributed by atoms with Crippen molar-refractivity contribution in [3.05, 3.63) is 182 Å². The Hall–Kier alpha value is -6.32. The standard InChI is InChI=1S/C44H33N3/c1-3-31(24-25-45)30(2)26-38(29-46)35-18-21-40-37(27-35)20-23-42-41-22-19-36(28-43(41)47(44(40)42)39-12-8-5-9-13-39)34-16-14-33(15-17-34)32-10-6-4-7-11-32/h3-29,45-46H,1-2H2/b31-24+,38-26+,45-25?,46-29?. The number of allylic oxidation sites excluding steroid dienone is 6. The predicted molar refractivity (Wildman–Crippen MR) is 202 cm³/mol. The number of rotatable bonds is 9. The number of aromatic nitrogens is 1. The van der Waals surface area contributed by atoms with Gasteiger partial charge in [0.1, 0.15) is 0 Å². The number of nitrogens with one attached hydrogen (secondary N) is 2. The zero-order chi connectivity index (χ0) is 32.3. The molecule has 0 aliphatic rings. The molecule has 0 spiro atoms. The fraction of sp³-hybridized carbons (Fsp3) is 0. The lowest BCUT2D eigenvalue weighted by molar-refractivity contribution is 1.19. The van der Waals surface area contributed by atoms with Crippen molar-refractivity contribution in [2.24, 2.45) is 0 Å². The SMILES string of the molecule is C=C/C(=C\C=N)C(=C)/C=C(\C=N)c1ccc2c(ccc3c4ccc(-c5ccc(-c6ccccc6)cc5)cc4n(-c4ccccc4)c23)c1. The minimum atomic E-state index is 0.701. The molecule has 1 aromatic heterocycles. The predicted octanol–water partition coefficient (Wildman–Crippen LogP) is 11.6. The van der Waals surface area contributed by atoms with Gasteiger partial charge in [0.15, 0.2) is 0 Å². The molecule has 3 nitrogen and oxygen atoms in total. The Morgan fingerprint density at radius 2 is 1.23 bits per heavy atom. The first-order valence-electron chi connectivity index (χ1n) is 15.6. The third-order valence-corrected chi connectivity index (χ3v) is 8.76. The lowest BCUT2D eigenvalue weighted by Crippen LogP contribution is -1.95. The number of nitrogens with zero attached hydrogens (tertiary/aromatic N) is 1. The Balaban J connectivity index is 1.39. The van der Waals surface area contributed by atoms with Crippen LogP contribution < -0.4 is 0 Å². The van der Waals surface area contributed by atoms with Gasteiger partial charge in [-0.2, -0.15) is 0 Å². The third-order valence-electron chi connectivity index (χ3n) is 8.76. The summed E-state index contributed by atoms with van der Waals surface area (Å²) >= 11 is 0. The van der Waals surface area contributed by atoms with E-state index in [0.29, 0.717) is 5.57 Å². The zero-order valence-electron chi connectivity index (χ0n) is 25.9. The van der Waals surface area contributed by atoms with Crippen molar-refractivity contribution in [2.45, 2.75) is 0 Å². The molecule has 0 unspecified atom stereocenters. The van der Waals surface area contributed by atoms with E-state index in [0.717, 1.165) is 44.2 Å². The lowest BCUT2D eigenvalue weighted by Gasteiger charge is -2.12. The van der Waals surface area contributed by atoms with Gasteiger partial charge in [-0.1, -0.05) is 128 Å². The second kappa shape index (κ2) is 12.6. The number of hydrogen-bond donors (Lipinski definition) is 2. The molecule has 0 aliphatic carbocycles. The van der Waals surface area contributed by atoms with Crippen molar-refractivity contribution in [1.82, 2.24) is 4.57 Å². The molecular formula is C44H33N3. The molecule has 0 saturated heterocycles. The summed E-state index contributed by atoms with van der Waals surface area (Å²) in [6.07, 6.45) is 7.77. The molecule has 0 radical (unpaired) electrons. The first kappa shape index (κ1) is 29.4. The zero-order valence-corrected chi connectivity index (χ0v) is 25.9. The van der Waals surface area contributed by atoms with Crippen LogP contribution in [0.5, 0.6) is 0 Å². The van der Waals surface area contributed by atoms with E-state index in [-0.39, 0.29) is 0 Å². The van der Waals surface area contributed by atoms with Gasteiger partial charge in [-0.15, -0.1) is 0 Å². The highest BCUT2D eigenvalue weighted by molar-refractivity contribution is 6.20. The molecule has 1 heterocycles. The molecule has 7 aromatic rings. The van der Waals surface area contributed by atoms with Crippen molar-refractivity contribution in [1.29, 1.82) is 10.8 Å². The largest absolute Gasteiger partial charge is 0.309 e. The first-order valence-corrected chi connectivity index (χ1v) is 15.6. The van der Waals surface area contributed by atoms with Gasteiger partial charge >= 0.3 is 0 Å². The summed E-state index contributed by atoms with van der Waals surface area (Å²) in [7, 11) is 0. The Morgan fingerprint density at radius 1 is 0.617 bits per heavy atom. The van der Waals surface area contributed by atoms with Gasteiger partial charge in [0.05, 0.1) is 11.0 Å². The highest BCUT2D eigenvalue weighted by Crippen LogP contribution is 2.39. The molecule has 47 heavy (non-hydrogen) atoms. The van der Waals surface area contributed by atoms with Crippen LogP contribution in [-0.4, -0.2) is 17.0 Å². The molecule has 3 heteroatoms. The maximum absolute atomic E-state index is 8.17. The molecule has 0 aliphatic heterocycles. The number of para-hydroxylation sites is 1. The van der Waals surface area contributed by atoms with Crippen LogP contribution in [0.25, 0.3) is 66.1 Å². The van der Waals surface area contributed by atoms with E-state index in [1.54, 1.807) is 12.2 Å². The summed E-state index contributed by atoms with van der Waals surface area (Å²) in [6, 6.07) is 47.4. The van der Waals surface area contributed by atoms with E-state index in [1.165, 1.54) is 45.5 Å². The maximum Gasteiger partial charge on any atom is 0.0619 e. The van der Waals surface area contributed by atoms with E-state index < -0.39 is 0 Å². The van der Waals surface area contributed by atoms with Crippen LogP contribution in [0.15, 0.2) is 176 Å². The smallest absolute Gasteiger partial charge is 0.0619 e. The topological polar surface area (TPSA) is 52.6 Å². The molecule has 0 amide bonds. The Morgan fingerprint density at radius 3 is 1.91 bits per heavy atom. The van der Waals surface area contributed by atoms with E-state index in [9.17, 15) is 0 Å². The van der Waals surface area contributed by atoms with E-state index in [2.05, 4.69) is 145 Å². The average Bonchev–Trinajstić information content (AvgIpc) is 3.47. The van der Waals surface area contributed by atoms with Gasteiger partial charge in [0, 0.05) is 34.3 Å². The van der Waals surface area contributed by atoms with Gasteiger partial charge in [0.25, 0.3) is 0 Å². The van der Waals surface area contributed by atoms with E-state index in [4.69, 9.17) is 10.8 Å². The van der Waals surface area contributed by atoms with Crippen LogP contribution in [0.1, 0.15) is 5.56 Å². The quantitative estimate of drug-likeness (QED) is 0.122. The van der Waals surface area contributed by atoms with Crippen molar-refractivity contribution in [3.63, 3.8) is 0 Å². The minimum absolute atomic E-state index is 0.701. The summed E-state index contributed by atoms with van der Waals surface area (Å²) in [6.45, 7) is 8.00. The van der Waals surface area contributed by atoms with Crippen LogP contribution in [-0.2, 0) is 0 Å². The van der Waals surface area contributed by atoms with E-state index >= 15 is 0 Å². The first-order chi connectivity index (χ1) is 23.1. The highest BCUT2D eigenvalue weighted by atomic mass is 15.0. The summed E-state index contributed by atoms with van der Waals surface area (Å²) < 4.78 is 2.38. The van der Waals surface area contributed by atoms with Gasteiger partial charge in [-0.25, -0.2) is 0 Å². The number of hydrogen-bond acceptors (Lipinski definition) is 2. The van der Waals surface area contributed by atoms with E-state index in [1.807, 2.05) is 12.1 Å². The van der Waals surface area contributed by atoms with Crippen molar-refractivity contribution in [2.75, 3.05) is 0 Å². The molecule has 2 N–H and O–H groups in total. The fourth-order valence-corrected chi connectivity index (χ4v) is 6.40. The lowest BCUT2D eigenvalue weighted by atomic mass is 9.97. The van der Waals surface area contributed by atoms with Crippen molar-refractivity contribution >= 4 is 50.6 Å². The van der Waals surface area contributed by atoms with Gasteiger partial charge in [-0.05, 0) is 86.3 Å². The Kier molecular flexibility index (Phi) is 7.87. The van der Waals surface area contributed by atoms with Crippen molar-refractivity contribution in [3.8, 4) is 27.9 Å². The fourth-order valence-electron chi connectivity index (χ4n) is 6.40. The van der Waals surface area contributed by atoms with Crippen LogP contribution in [0.4, 0.5) is 0 Å². The molecule has 7 rings (SSSR count). The van der Waals surface area contributed by atoms with Crippen LogP contribution in [0, 0.1) is 10.8 Å². The molecule has 0 fully saturated rings. The average molecular weight is 604 g/mol. The molecule has 0 atom stereocenters. The Labute approximate surface area is 274 Å². The summed E-state index contributed by atoms with van der Waals surface area (Å²) in [5.74, 6) is 0. The monoisotopic (exact) mass is 603 g/mol. The summed E-state index contributed by atoms with van der Waals surface area (Å²) in [4.78, 5) is 0. The highest BCUT2D eigenvalue weighted by Gasteiger charge is 2.17. The number of fused-ring (bicyclic) bond motifs is 5. The van der Waals surface area contributed by atoms with Crippen LogP contribution in [0.2, 0.25) is 0 Å². The molecule has 0 bridgehead atoms. The number of benzene rings is 6. The second-order valence-electron chi connectivity index (χ2n) is 11.5. The molecule has 0 saturated carbocycles. The van der Waals surface area contributed by atoms with Crippen LogP contribution >= 0.6 is 0 Å². The summed E-state index contributed by atoms with van der Waals surface area (Å²) in [5.41, 5.74) is 11.3. The summed E-state index contributed by atoms with van der Waals surface area (Å²) in [5, 5.41) is 20.2. The third kappa shape index (κ3) is 5.45. The molecular weight excluding hydrogens is 571 g/mol. The normalized spacial score (nSPS) is 12.0. The van der Waals surface area contributed by atoms with Gasteiger partial charge < -0.3 is 15.4 Å². The minimum Gasteiger partial charge on any atom is -0.309 e. The van der Waals surface area contributed by atoms with Gasteiger partial charge in [0.2, 0.25) is 0 Å². The molecule has 224 valence electrons. The maximum atomic E-state index is 8.17. The molecule has 6 aromatic carbocycles. The Bertz CT molecular complexity index is 2390. The van der Waals surface area contributed by atoms with Gasteiger partial charge in [-0.3, -0.25) is 0 Å².